The lowest BCUT2D eigenvalue weighted by atomic mass is 10.2. The fraction of sp³-hybridized carbons (Fsp3) is 0.286. The molecule has 0 radical (unpaired) electrons. The van der Waals surface area contributed by atoms with Crippen molar-refractivity contribution in [2.24, 2.45) is 0 Å². The summed E-state index contributed by atoms with van der Waals surface area (Å²) in [4.78, 5) is 17.1. The molecule has 0 atom stereocenters. The molecule has 3 rings (SSSR count). The fourth-order valence-corrected chi connectivity index (χ4v) is 4.06. The van der Waals surface area contributed by atoms with Crippen molar-refractivity contribution in [2.45, 2.75) is 4.90 Å². The smallest absolute Gasteiger partial charge is 0.248 e. The molecule has 0 spiro atoms. The Hall–Kier alpha value is -2.39. The Labute approximate surface area is 182 Å². The number of piperazine rings is 1. The molecule has 0 aliphatic carbocycles. The van der Waals surface area contributed by atoms with Crippen molar-refractivity contribution in [1.29, 1.82) is 0 Å². The number of amides is 1. The van der Waals surface area contributed by atoms with Gasteiger partial charge >= 0.3 is 0 Å². The Balaban J connectivity index is 1.71. The third-order valence-electron chi connectivity index (χ3n) is 4.95. The summed E-state index contributed by atoms with van der Waals surface area (Å²) in [5.74, 6) is -0.292. The van der Waals surface area contributed by atoms with Crippen molar-refractivity contribution in [2.75, 3.05) is 50.5 Å². The summed E-state index contributed by atoms with van der Waals surface area (Å²) in [6.45, 7) is 3.65. The zero-order valence-electron chi connectivity index (χ0n) is 16.9. The lowest BCUT2D eigenvalue weighted by molar-refractivity contribution is -0.111. The number of carbonyl (C=O) groups excluding carboxylic acids is 1. The van der Waals surface area contributed by atoms with Gasteiger partial charge in [-0.05, 0) is 56.1 Å². The second-order valence-corrected chi connectivity index (χ2v) is 9.37. The van der Waals surface area contributed by atoms with E-state index in [0.717, 1.165) is 31.9 Å². The third kappa shape index (κ3) is 5.60. The zero-order chi connectivity index (χ0) is 21.7. The van der Waals surface area contributed by atoms with E-state index in [1.165, 1.54) is 25.3 Å². The number of halogens is 1. The Bertz CT molecular complexity index is 1030. The van der Waals surface area contributed by atoms with Gasteiger partial charge in [0.05, 0.1) is 16.3 Å². The van der Waals surface area contributed by atoms with Gasteiger partial charge in [0.15, 0.2) is 0 Å². The Morgan fingerprint density at radius 1 is 1.07 bits per heavy atom. The van der Waals surface area contributed by atoms with Gasteiger partial charge in [-0.25, -0.2) is 13.1 Å². The van der Waals surface area contributed by atoms with Crippen LogP contribution in [0.4, 0.5) is 11.4 Å². The summed E-state index contributed by atoms with van der Waals surface area (Å²) in [7, 11) is -0.0320. The van der Waals surface area contributed by atoms with Crippen molar-refractivity contribution in [3.05, 3.63) is 59.1 Å². The molecular weight excluding hydrogens is 424 g/mol. The van der Waals surface area contributed by atoms with E-state index in [1.54, 1.807) is 24.3 Å². The lowest BCUT2D eigenvalue weighted by Gasteiger charge is -2.35. The van der Waals surface area contributed by atoms with Crippen molar-refractivity contribution in [3.63, 3.8) is 0 Å². The molecule has 0 bridgehead atoms. The average molecular weight is 449 g/mol. The Kier molecular flexibility index (Phi) is 7.14. The Morgan fingerprint density at radius 2 is 1.73 bits per heavy atom. The molecule has 2 aromatic carbocycles. The van der Waals surface area contributed by atoms with Crippen LogP contribution in [0.3, 0.4) is 0 Å². The monoisotopic (exact) mass is 448 g/mol. The van der Waals surface area contributed by atoms with Crippen molar-refractivity contribution < 1.29 is 13.2 Å². The van der Waals surface area contributed by atoms with Gasteiger partial charge in [0, 0.05) is 37.3 Å². The summed E-state index contributed by atoms with van der Waals surface area (Å²) < 4.78 is 25.8. The normalized spacial score (nSPS) is 15.5. The van der Waals surface area contributed by atoms with E-state index in [-0.39, 0.29) is 10.8 Å². The molecule has 1 fully saturated rings. The van der Waals surface area contributed by atoms with Crippen molar-refractivity contribution >= 4 is 45.0 Å². The molecule has 1 heterocycles. The number of nitrogens with one attached hydrogen (secondary N) is 2. The number of likely N-dealkylation sites (N-methyl/N-ethyl adjacent to an activating group) is 1. The lowest BCUT2D eigenvalue weighted by Crippen LogP contribution is -2.44. The summed E-state index contributed by atoms with van der Waals surface area (Å²) in [5.41, 5.74) is 2.32. The van der Waals surface area contributed by atoms with Crippen LogP contribution in [-0.2, 0) is 14.8 Å². The van der Waals surface area contributed by atoms with Crippen LogP contribution in [-0.4, -0.2) is 59.5 Å². The Morgan fingerprint density at radius 3 is 2.37 bits per heavy atom. The van der Waals surface area contributed by atoms with Gasteiger partial charge < -0.3 is 15.1 Å². The van der Waals surface area contributed by atoms with Crippen LogP contribution in [0.15, 0.2) is 53.4 Å². The van der Waals surface area contributed by atoms with Gasteiger partial charge in [0.2, 0.25) is 15.9 Å². The second-order valence-electron chi connectivity index (χ2n) is 7.05. The molecule has 30 heavy (non-hydrogen) atoms. The standard InChI is InChI=1S/C21H25ClN4O3S/c1-23-30(28,29)18-7-3-16(4-8-18)5-10-21(27)24-19-15-17(22)6-9-20(19)26-13-11-25(2)12-14-26/h3-10,15,23H,11-14H2,1-2H3,(H,24,27). The maximum atomic E-state index is 12.5. The number of sulfonamides is 1. The van der Waals surface area contributed by atoms with Gasteiger partial charge in [0.1, 0.15) is 0 Å². The highest BCUT2D eigenvalue weighted by Crippen LogP contribution is 2.30. The first-order valence-electron chi connectivity index (χ1n) is 9.54. The zero-order valence-corrected chi connectivity index (χ0v) is 18.5. The van der Waals surface area contributed by atoms with E-state index in [9.17, 15) is 13.2 Å². The number of rotatable bonds is 6. The minimum absolute atomic E-state index is 0.169. The molecule has 0 unspecified atom stereocenters. The van der Waals surface area contributed by atoms with Crippen LogP contribution < -0.4 is 14.9 Å². The summed E-state index contributed by atoms with van der Waals surface area (Å²) in [5, 5.41) is 3.45. The van der Waals surface area contributed by atoms with Gasteiger partial charge in [-0.15, -0.1) is 0 Å². The summed E-state index contributed by atoms with van der Waals surface area (Å²) >= 11 is 6.15. The van der Waals surface area contributed by atoms with E-state index >= 15 is 0 Å². The number of carbonyl (C=O) groups is 1. The topological polar surface area (TPSA) is 81.7 Å². The van der Waals surface area contributed by atoms with Crippen molar-refractivity contribution in [1.82, 2.24) is 9.62 Å². The van der Waals surface area contributed by atoms with Gasteiger partial charge in [-0.3, -0.25) is 4.79 Å². The van der Waals surface area contributed by atoms with Crippen LogP contribution in [0.5, 0.6) is 0 Å². The largest absolute Gasteiger partial charge is 0.367 e. The number of anilines is 2. The summed E-state index contributed by atoms with van der Waals surface area (Å²) in [6.07, 6.45) is 3.04. The molecule has 0 aromatic heterocycles. The van der Waals surface area contributed by atoms with E-state index in [4.69, 9.17) is 11.6 Å². The van der Waals surface area contributed by atoms with E-state index in [2.05, 4.69) is 26.9 Å². The number of hydrogen-bond acceptors (Lipinski definition) is 5. The van der Waals surface area contributed by atoms with Crippen LogP contribution in [0.2, 0.25) is 5.02 Å². The molecule has 1 aliphatic heterocycles. The molecule has 9 heteroatoms. The van der Waals surface area contributed by atoms with Crippen LogP contribution in [0, 0.1) is 0 Å². The van der Waals surface area contributed by atoms with Crippen LogP contribution in [0.1, 0.15) is 5.56 Å². The molecule has 2 aromatic rings. The van der Waals surface area contributed by atoms with Gasteiger partial charge in [-0.1, -0.05) is 23.7 Å². The highest BCUT2D eigenvalue weighted by Gasteiger charge is 2.18. The molecular formula is C21H25ClN4O3S. The molecule has 7 nitrogen and oxygen atoms in total. The van der Waals surface area contributed by atoms with Gasteiger partial charge in [-0.2, -0.15) is 0 Å². The molecule has 0 saturated carbocycles. The maximum Gasteiger partial charge on any atom is 0.248 e. The first kappa shape index (κ1) is 22.3. The minimum atomic E-state index is -3.48. The maximum absolute atomic E-state index is 12.5. The highest BCUT2D eigenvalue weighted by atomic mass is 35.5. The third-order valence-corrected chi connectivity index (χ3v) is 6.61. The number of benzene rings is 2. The highest BCUT2D eigenvalue weighted by molar-refractivity contribution is 7.89. The molecule has 160 valence electrons. The first-order chi connectivity index (χ1) is 14.3. The molecule has 1 aliphatic rings. The molecule has 1 saturated heterocycles. The SMILES string of the molecule is CNS(=O)(=O)c1ccc(C=CC(=O)Nc2cc(Cl)ccc2N2CCN(C)CC2)cc1. The average Bonchev–Trinajstić information content (AvgIpc) is 2.73. The van der Waals surface area contributed by atoms with Crippen molar-refractivity contribution in [3.8, 4) is 0 Å². The van der Waals surface area contributed by atoms with E-state index < -0.39 is 10.0 Å². The van der Waals surface area contributed by atoms with E-state index in [0.29, 0.717) is 16.3 Å². The minimum Gasteiger partial charge on any atom is -0.367 e. The number of nitrogens with zero attached hydrogens (tertiary/aromatic N) is 2. The van der Waals surface area contributed by atoms with Crippen LogP contribution >= 0.6 is 11.6 Å². The summed E-state index contributed by atoms with van der Waals surface area (Å²) in [6, 6.07) is 11.8. The first-order valence-corrected chi connectivity index (χ1v) is 11.4. The predicted octanol–water partition coefficient (Wildman–Crippen LogP) is 2.65. The van der Waals surface area contributed by atoms with E-state index in [1.807, 2.05) is 12.1 Å². The fourth-order valence-electron chi connectivity index (χ4n) is 3.15. The molecule has 1 amide bonds. The second kappa shape index (κ2) is 9.61. The van der Waals surface area contributed by atoms with Gasteiger partial charge in [0.25, 0.3) is 0 Å². The number of hydrogen-bond donors (Lipinski definition) is 2. The quantitative estimate of drug-likeness (QED) is 0.664. The predicted molar refractivity (Wildman–Crippen MR) is 122 cm³/mol. The molecule has 2 N–H and O–H groups in total. The van der Waals surface area contributed by atoms with Crippen LogP contribution in [0.25, 0.3) is 6.08 Å².